The van der Waals surface area contributed by atoms with Gasteiger partial charge in [0.15, 0.2) is 12.5 Å². The number of nitrogens with zero attached hydrogens (tertiary/aromatic N) is 1. The summed E-state index contributed by atoms with van der Waals surface area (Å²) in [5.41, 5.74) is 0. The number of carbonyl (C=O) groups excluding carboxylic acids is 3. The summed E-state index contributed by atoms with van der Waals surface area (Å²) >= 11 is 0. The molecule has 3 rings (SSSR count). The standard InChI is InChI=1S/C17H29N3O17P2.2Na/c1-6(22)18-10-13(26)11(24)7(4-21)35-16(10)36-39(31,32)37-38(29,30)33-5-8-12(25)14(27)15(34-8)20-3-2-9(23)19-17(20)28;;/h7-8,10-16,21,24-27H,2-5H2,1H3,(H,18,22)(H,29,30)(H,31,32)(H,19,23,28);;/p-2/t7-,8-,10-,11+,12-,13-,14-,15-,16-;;/m1../s1. The van der Waals surface area contributed by atoms with E-state index in [-0.39, 0.29) is 72.1 Å². The fourth-order valence-electron chi connectivity index (χ4n) is 3.96. The third-order valence-electron chi connectivity index (χ3n) is 5.81. The number of phosphoric ester groups is 2. The van der Waals surface area contributed by atoms with E-state index in [2.05, 4.69) is 18.7 Å². The Morgan fingerprint density at radius 3 is 2.22 bits per heavy atom. The number of hydrogen-bond acceptors (Lipinski definition) is 17. The second-order valence-corrected chi connectivity index (χ2v) is 11.6. The topological polar surface area (TPSA) is 306 Å². The summed E-state index contributed by atoms with van der Waals surface area (Å²) in [6.07, 6.45) is -14.3. The van der Waals surface area contributed by atoms with Crippen molar-refractivity contribution < 1.29 is 81.7 Å². The molecule has 2 unspecified atom stereocenters. The zero-order valence-corrected chi connectivity index (χ0v) is 27.8. The van der Waals surface area contributed by atoms with E-state index in [1.807, 2.05) is 5.32 Å². The van der Waals surface area contributed by atoms with Crippen LogP contribution in [0.5, 0.6) is 0 Å². The molecule has 41 heavy (non-hydrogen) atoms. The van der Waals surface area contributed by atoms with Gasteiger partial charge in [0.1, 0.15) is 42.7 Å². The van der Waals surface area contributed by atoms with E-state index in [1.165, 1.54) is 0 Å². The molecule has 3 heterocycles. The number of urea groups is 1. The summed E-state index contributed by atoms with van der Waals surface area (Å²) in [5.74, 6) is -1.41. The van der Waals surface area contributed by atoms with Gasteiger partial charge in [-0.15, -0.1) is 0 Å². The number of carbonyl (C=O) groups is 3. The van der Waals surface area contributed by atoms with Crippen molar-refractivity contribution in [2.45, 2.75) is 68.5 Å². The van der Waals surface area contributed by atoms with Gasteiger partial charge in [-0.2, -0.15) is 0 Å². The number of ether oxygens (including phenoxy) is 2. The number of nitrogens with one attached hydrogen (secondary N) is 2. The second kappa shape index (κ2) is 16.1. The summed E-state index contributed by atoms with van der Waals surface area (Å²) in [6, 6.07) is -2.68. The van der Waals surface area contributed by atoms with E-state index in [1.54, 1.807) is 0 Å². The van der Waals surface area contributed by atoms with Crippen molar-refractivity contribution in [2.75, 3.05) is 19.8 Å². The Morgan fingerprint density at radius 1 is 1.05 bits per heavy atom. The maximum Gasteiger partial charge on any atom is 0.326 e. The Bertz CT molecular complexity index is 1040. The molecule has 3 fully saturated rings. The molecule has 3 aliphatic rings. The number of hydrogen-bond donors (Lipinski definition) is 7. The van der Waals surface area contributed by atoms with Crippen LogP contribution in [0, 0.1) is 0 Å². The SMILES string of the molecule is CC(=O)N[C@H]1[C@@H](OP(=O)([O-])OP(=O)([O-])OC[C@H]2O[C@@H](N3CCC(=O)NC3=O)[C@H](O)[C@@H]2O)O[C@H](CO)[C@H](O)[C@@H]1O.[Na].[Na]. The summed E-state index contributed by atoms with van der Waals surface area (Å²) in [5, 5.41) is 53.8. The van der Waals surface area contributed by atoms with Crippen LogP contribution in [-0.2, 0) is 41.6 Å². The maximum atomic E-state index is 12.3. The van der Waals surface area contributed by atoms with E-state index in [9.17, 15) is 58.8 Å². The molecule has 24 heteroatoms. The molecule has 0 aromatic rings. The fraction of sp³-hybridized carbons (Fsp3) is 0.824. The molecule has 2 radical (unpaired) electrons. The Morgan fingerprint density at radius 2 is 1.66 bits per heavy atom. The zero-order valence-electron chi connectivity index (χ0n) is 22.0. The van der Waals surface area contributed by atoms with Crippen molar-refractivity contribution in [3.05, 3.63) is 0 Å². The van der Waals surface area contributed by atoms with Crippen LogP contribution in [-0.4, -0.2) is 182 Å². The van der Waals surface area contributed by atoms with Crippen LogP contribution >= 0.6 is 15.6 Å². The van der Waals surface area contributed by atoms with Gasteiger partial charge in [-0.1, -0.05) is 0 Å². The number of aliphatic hydroxyl groups excluding tert-OH is 5. The molecule has 7 N–H and O–H groups in total. The molecule has 0 bridgehead atoms. The molecule has 0 aromatic carbocycles. The monoisotopic (exact) mass is 653 g/mol. The molecule has 3 saturated heterocycles. The molecular weight excluding hydrogens is 626 g/mol. The van der Waals surface area contributed by atoms with Gasteiger partial charge in [0.25, 0.3) is 15.6 Å². The van der Waals surface area contributed by atoms with Crippen LogP contribution in [0.2, 0.25) is 0 Å². The van der Waals surface area contributed by atoms with Crippen LogP contribution in [0.25, 0.3) is 0 Å². The molecule has 0 aromatic heterocycles. The third kappa shape index (κ3) is 10.2. The van der Waals surface area contributed by atoms with E-state index < -0.39 is 102 Å². The Balaban J connectivity index is 0.00000420. The van der Waals surface area contributed by atoms with Crippen molar-refractivity contribution in [3.8, 4) is 0 Å². The van der Waals surface area contributed by atoms with Gasteiger partial charge in [0.2, 0.25) is 11.8 Å². The Hall–Kier alpha value is 0.390. The minimum absolute atomic E-state index is 0. The molecule has 4 amide bonds. The van der Waals surface area contributed by atoms with E-state index in [0.29, 0.717) is 0 Å². The van der Waals surface area contributed by atoms with Crippen molar-refractivity contribution in [3.63, 3.8) is 0 Å². The van der Waals surface area contributed by atoms with E-state index in [4.69, 9.17) is 9.47 Å². The molecule has 0 spiro atoms. The summed E-state index contributed by atoms with van der Waals surface area (Å²) in [6.45, 7) is -1.24. The van der Waals surface area contributed by atoms with Crippen molar-refractivity contribution in [1.29, 1.82) is 0 Å². The van der Waals surface area contributed by atoms with Crippen LogP contribution in [0.4, 0.5) is 4.79 Å². The first-order chi connectivity index (χ1) is 18.0. The first-order valence-electron chi connectivity index (χ1n) is 11.2. The molecule has 0 aliphatic carbocycles. The average Bonchev–Trinajstić information content (AvgIpc) is 3.10. The van der Waals surface area contributed by atoms with Crippen LogP contribution in [0.15, 0.2) is 0 Å². The Labute approximate surface area is 276 Å². The number of imide groups is 1. The molecule has 3 aliphatic heterocycles. The van der Waals surface area contributed by atoms with Gasteiger partial charge >= 0.3 is 6.03 Å². The Kier molecular flexibility index (Phi) is 15.5. The molecule has 11 atom stereocenters. The minimum atomic E-state index is -5.93. The van der Waals surface area contributed by atoms with Gasteiger partial charge in [-0.3, -0.25) is 33.5 Å². The van der Waals surface area contributed by atoms with Gasteiger partial charge in [0.05, 0.1) is 13.2 Å². The summed E-state index contributed by atoms with van der Waals surface area (Å²) in [7, 11) is -11.7. The minimum Gasteiger partial charge on any atom is -0.756 e. The average molecular weight is 653 g/mol. The van der Waals surface area contributed by atoms with E-state index in [0.717, 1.165) is 11.8 Å². The van der Waals surface area contributed by atoms with Crippen molar-refractivity contribution >= 4 is 92.6 Å². The molecule has 226 valence electrons. The van der Waals surface area contributed by atoms with Crippen LogP contribution in [0.1, 0.15) is 13.3 Å². The van der Waals surface area contributed by atoms with Gasteiger partial charge in [-0.05, 0) is 0 Å². The van der Waals surface area contributed by atoms with E-state index >= 15 is 0 Å². The molecule has 0 saturated carbocycles. The van der Waals surface area contributed by atoms with Gasteiger partial charge < -0.3 is 54.6 Å². The summed E-state index contributed by atoms with van der Waals surface area (Å²) < 4.78 is 47.7. The van der Waals surface area contributed by atoms with Gasteiger partial charge in [0, 0.05) is 79.0 Å². The smallest absolute Gasteiger partial charge is 0.326 e. The third-order valence-corrected chi connectivity index (χ3v) is 8.34. The van der Waals surface area contributed by atoms with Crippen LogP contribution < -0.4 is 20.4 Å². The number of phosphoric acid groups is 2. The quantitative estimate of drug-likeness (QED) is 0.0851. The van der Waals surface area contributed by atoms with Crippen molar-refractivity contribution in [1.82, 2.24) is 15.5 Å². The van der Waals surface area contributed by atoms with Gasteiger partial charge in [-0.25, -0.2) is 9.11 Å². The predicted octanol–water partition coefficient (Wildman–Crippen LogP) is -6.46. The molecule has 20 nitrogen and oxygen atoms in total. The van der Waals surface area contributed by atoms with Crippen molar-refractivity contribution in [2.24, 2.45) is 0 Å². The first kappa shape index (κ1) is 39.4. The number of aliphatic hydroxyl groups is 5. The second-order valence-electron chi connectivity index (χ2n) is 8.65. The fourth-order valence-corrected chi connectivity index (χ4v) is 6.05. The van der Waals surface area contributed by atoms with Crippen LogP contribution in [0.3, 0.4) is 0 Å². The first-order valence-corrected chi connectivity index (χ1v) is 14.2. The zero-order chi connectivity index (χ0) is 29.3. The summed E-state index contributed by atoms with van der Waals surface area (Å²) in [4.78, 5) is 60.0. The number of rotatable bonds is 10. The largest absolute Gasteiger partial charge is 0.756 e. The normalized spacial score (nSPS) is 36.7. The number of amides is 4. The maximum absolute atomic E-state index is 12.3. The predicted molar refractivity (Wildman–Crippen MR) is 126 cm³/mol. The molecular formula is C17H27N3Na2O17P2-2.